The van der Waals surface area contributed by atoms with Crippen molar-refractivity contribution < 1.29 is 28.6 Å². The van der Waals surface area contributed by atoms with Crippen LogP contribution in [0, 0.1) is 0 Å². The van der Waals surface area contributed by atoms with Crippen LogP contribution in [-0.4, -0.2) is 37.2 Å². The Balaban J connectivity index is 4.55. The molecule has 0 saturated carbocycles. The molecule has 0 aromatic heterocycles. The van der Waals surface area contributed by atoms with Gasteiger partial charge in [-0.15, -0.1) is 0 Å². The highest BCUT2D eigenvalue weighted by Crippen LogP contribution is 2.12. The monoisotopic (exact) mass is 887 g/mol. The third-order valence-corrected chi connectivity index (χ3v) is 10.6. The van der Waals surface area contributed by atoms with Gasteiger partial charge >= 0.3 is 17.9 Å². The number of carbonyl (C=O) groups excluding carboxylic acids is 3. The van der Waals surface area contributed by atoms with Gasteiger partial charge in [0, 0.05) is 19.3 Å². The molecule has 0 radical (unpaired) electrons. The van der Waals surface area contributed by atoms with Gasteiger partial charge in [0.2, 0.25) is 0 Å². The van der Waals surface area contributed by atoms with Crippen molar-refractivity contribution in [2.45, 2.75) is 226 Å². The zero-order valence-electron chi connectivity index (χ0n) is 41.3. The maximum Gasteiger partial charge on any atom is 0.306 e. The molecule has 0 aromatic rings. The van der Waals surface area contributed by atoms with Crippen molar-refractivity contribution >= 4 is 17.9 Å². The van der Waals surface area contributed by atoms with Crippen LogP contribution in [-0.2, 0) is 28.6 Å². The van der Waals surface area contributed by atoms with Crippen molar-refractivity contribution in [3.8, 4) is 0 Å². The summed E-state index contributed by atoms with van der Waals surface area (Å²) in [6.45, 7) is 6.38. The molecule has 0 bridgehead atoms. The Morgan fingerprint density at radius 2 is 0.703 bits per heavy atom. The minimum atomic E-state index is -0.831. The van der Waals surface area contributed by atoms with Crippen LogP contribution < -0.4 is 0 Å². The van der Waals surface area contributed by atoms with Crippen molar-refractivity contribution in [1.29, 1.82) is 0 Å². The van der Waals surface area contributed by atoms with E-state index in [2.05, 4.69) is 118 Å². The van der Waals surface area contributed by atoms with E-state index < -0.39 is 12.1 Å². The zero-order valence-corrected chi connectivity index (χ0v) is 41.3. The van der Waals surface area contributed by atoms with Gasteiger partial charge in [-0.1, -0.05) is 207 Å². The van der Waals surface area contributed by atoms with E-state index in [1.54, 1.807) is 0 Å². The maximum absolute atomic E-state index is 12.8. The molecule has 0 amide bonds. The van der Waals surface area contributed by atoms with Crippen molar-refractivity contribution in [3.05, 3.63) is 109 Å². The molecule has 0 aliphatic carbocycles. The van der Waals surface area contributed by atoms with Crippen molar-refractivity contribution in [3.63, 3.8) is 0 Å². The highest BCUT2D eigenvalue weighted by Gasteiger charge is 2.19. The van der Waals surface area contributed by atoms with Gasteiger partial charge in [0.05, 0.1) is 0 Å². The second-order valence-electron chi connectivity index (χ2n) is 16.7. The Hall–Kier alpha value is -3.93. The number of ether oxygens (including phenoxy) is 3. The molecule has 64 heavy (non-hydrogen) atoms. The average molecular weight is 887 g/mol. The number of unbranched alkanes of at least 4 members (excludes halogenated alkanes) is 18. The fourth-order valence-electron chi connectivity index (χ4n) is 6.66. The normalized spacial score (nSPS) is 13.0. The Morgan fingerprint density at radius 1 is 0.344 bits per heavy atom. The van der Waals surface area contributed by atoms with Gasteiger partial charge < -0.3 is 14.2 Å². The minimum Gasteiger partial charge on any atom is -0.462 e. The standard InChI is InChI=1S/C58H94O6/c1-4-7-10-13-16-19-22-25-27-29-30-32-33-36-39-42-45-48-51-57(60)63-54-55(53-62-56(59)50-47-44-41-38-35-24-21-18-15-12-9-6-3)64-58(61)52-49-46-43-40-37-34-31-28-26-23-20-17-14-11-8-5-2/h8,11,17-18,20-22,25-30,32,34,37,43,46,55H,4-7,9-10,12-16,19,23-24,31,33,35-36,38-42,44-45,47-54H2,1-3H3/b11-8-,20-17-,21-18-,25-22-,28-26-,29-27-,32-30-,37-34-,46-43-. The predicted molar refractivity (Wildman–Crippen MR) is 274 cm³/mol. The summed E-state index contributed by atoms with van der Waals surface area (Å²) in [5.41, 5.74) is 0. The molecule has 0 aromatic carbocycles. The summed E-state index contributed by atoms with van der Waals surface area (Å²) >= 11 is 0. The number of allylic oxidation sites excluding steroid dienone is 18. The first kappa shape index (κ1) is 60.1. The summed E-state index contributed by atoms with van der Waals surface area (Å²) < 4.78 is 16.7. The summed E-state index contributed by atoms with van der Waals surface area (Å²) in [4.78, 5) is 37.9. The molecule has 0 fully saturated rings. The van der Waals surface area contributed by atoms with Crippen LogP contribution in [0.1, 0.15) is 220 Å². The first-order chi connectivity index (χ1) is 31.5. The highest BCUT2D eigenvalue weighted by molar-refractivity contribution is 5.71. The third-order valence-electron chi connectivity index (χ3n) is 10.6. The average Bonchev–Trinajstić information content (AvgIpc) is 3.29. The van der Waals surface area contributed by atoms with Gasteiger partial charge in [-0.3, -0.25) is 14.4 Å². The van der Waals surface area contributed by atoms with Gasteiger partial charge in [0.15, 0.2) is 6.10 Å². The minimum absolute atomic E-state index is 0.121. The predicted octanol–water partition coefficient (Wildman–Crippen LogP) is 17.1. The largest absolute Gasteiger partial charge is 0.462 e. The molecule has 6 heteroatoms. The molecule has 6 nitrogen and oxygen atoms in total. The molecular weight excluding hydrogens is 793 g/mol. The second-order valence-corrected chi connectivity index (χ2v) is 16.7. The number of carbonyl (C=O) groups is 3. The fraction of sp³-hybridized carbons (Fsp3) is 0.638. The summed E-state index contributed by atoms with van der Waals surface area (Å²) in [6, 6.07) is 0. The number of hydrogen-bond acceptors (Lipinski definition) is 6. The molecule has 0 aliphatic rings. The van der Waals surface area contributed by atoms with Crippen LogP contribution in [0.25, 0.3) is 0 Å². The zero-order chi connectivity index (χ0) is 46.5. The number of hydrogen-bond donors (Lipinski definition) is 0. The van der Waals surface area contributed by atoms with E-state index in [9.17, 15) is 14.4 Å². The van der Waals surface area contributed by atoms with E-state index in [0.29, 0.717) is 19.3 Å². The lowest BCUT2D eigenvalue weighted by Crippen LogP contribution is -2.30. The van der Waals surface area contributed by atoms with Crippen molar-refractivity contribution in [2.75, 3.05) is 13.2 Å². The second kappa shape index (κ2) is 51.7. The first-order valence-electron chi connectivity index (χ1n) is 25.9. The molecule has 0 saturated heterocycles. The molecule has 0 rings (SSSR count). The number of rotatable bonds is 45. The molecular formula is C58H94O6. The van der Waals surface area contributed by atoms with Crippen LogP contribution in [0.5, 0.6) is 0 Å². The van der Waals surface area contributed by atoms with E-state index in [0.717, 1.165) is 109 Å². The van der Waals surface area contributed by atoms with Gasteiger partial charge in [-0.05, 0) is 103 Å². The van der Waals surface area contributed by atoms with E-state index >= 15 is 0 Å². The fourth-order valence-corrected chi connectivity index (χ4v) is 6.66. The lowest BCUT2D eigenvalue weighted by molar-refractivity contribution is -0.166. The van der Waals surface area contributed by atoms with E-state index in [4.69, 9.17) is 14.2 Å². The lowest BCUT2D eigenvalue weighted by atomic mass is 10.1. The van der Waals surface area contributed by atoms with Crippen molar-refractivity contribution in [2.24, 2.45) is 0 Å². The molecule has 362 valence electrons. The molecule has 1 unspecified atom stereocenters. The summed E-state index contributed by atoms with van der Waals surface area (Å²) in [5, 5.41) is 0. The Labute approximate surface area is 393 Å². The summed E-state index contributed by atoms with van der Waals surface area (Å²) in [7, 11) is 0. The van der Waals surface area contributed by atoms with E-state index in [1.165, 1.54) is 64.2 Å². The molecule has 0 heterocycles. The van der Waals surface area contributed by atoms with Gasteiger partial charge in [-0.25, -0.2) is 0 Å². The van der Waals surface area contributed by atoms with Crippen LogP contribution in [0.2, 0.25) is 0 Å². The maximum atomic E-state index is 12.8. The summed E-state index contributed by atoms with van der Waals surface area (Å²) in [6.07, 6.45) is 69.4. The van der Waals surface area contributed by atoms with Crippen molar-refractivity contribution in [1.82, 2.24) is 0 Å². The molecule has 0 spiro atoms. The lowest BCUT2D eigenvalue weighted by Gasteiger charge is -2.18. The van der Waals surface area contributed by atoms with Crippen LogP contribution in [0.3, 0.4) is 0 Å². The SMILES string of the molecule is CC/C=C\C/C=C\C/C=C\C/C=C\C/C=C\CCC(=O)OC(COC(=O)CCCCCCC\C=C/C=C\C=C/CCCCCCC)COC(=O)CCCCCCC/C=C\CCCCC. The molecule has 1 atom stereocenters. The van der Waals surface area contributed by atoms with E-state index in [-0.39, 0.29) is 31.6 Å². The first-order valence-corrected chi connectivity index (χ1v) is 25.9. The quantitative estimate of drug-likeness (QED) is 0.0199. The topological polar surface area (TPSA) is 78.9 Å². The summed E-state index contributed by atoms with van der Waals surface area (Å²) in [5.74, 6) is -1.04. The molecule has 0 N–H and O–H groups in total. The Bertz CT molecular complexity index is 1340. The third kappa shape index (κ3) is 49.1. The van der Waals surface area contributed by atoms with Crippen LogP contribution >= 0.6 is 0 Å². The Morgan fingerprint density at radius 3 is 1.17 bits per heavy atom. The van der Waals surface area contributed by atoms with Gasteiger partial charge in [-0.2, -0.15) is 0 Å². The molecule has 0 aliphatic heterocycles. The smallest absolute Gasteiger partial charge is 0.306 e. The van der Waals surface area contributed by atoms with E-state index in [1.807, 2.05) is 12.2 Å². The van der Waals surface area contributed by atoms with Crippen LogP contribution in [0.4, 0.5) is 0 Å². The van der Waals surface area contributed by atoms with Crippen LogP contribution in [0.15, 0.2) is 109 Å². The number of esters is 3. The van der Waals surface area contributed by atoms with Gasteiger partial charge in [0.25, 0.3) is 0 Å². The van der Waals surface area contributed by atoms with Gasteiger partial charge in [0.1, 0.15) is 13.2 Å². The highest BCUT2D eigenvalue weighted by atomic mass is 16.6. The Kier molecular flexibility index (Phi) is 48.5.